The summed E-state index contributed by atoms with van der Waals surface area (Å²) in [6, 6.07) is 14.9. The van der Waals surface area contributed by atoms with Crippen molar-refractivity contribution in [2.45, 2.75) is 19.1 Å². The third-order valence-corrected chi connectivity index (χ3v) is 8.20. The van der Waals surface area contributed by atoms with Gasteiger partial charge in [0.05, 0.1) is 29.6 Å². The molecule has 4 rings (SSSR count). The summed E-state index contributed by atoms with van der Waals surface area (Å²) >= 11 is 6.55. The molecule has 0 saturated carbocycles. The molecule has 1 amide bonds. The number of benzene rings is 2. The Bertz CT molecular complexity index is 1140. The quantitative estimate of drug-likeness (QED) is 0.466. The van der Waals surface area contributed by atoms with E-state index >= 15 is 0 Å². The predicted octanol–water partition coefficient (Wildman–Crippen LogP) is 3.66. The normalized spacial score (nSPS) is 21.6. The van der Waals surface area contributed by atoms with Crippen LogP contribution in [0.2, 0.25) is 0 Å². The zero-order chi connectivity index (χ0) is 22.0. The fourth-order valence-corrected chi connectivity index (χ4v) is 6.65. The van der Waals surface area contributed by atoms with Crippen LogP contribution in [0, 0.1) is 0 Å². The van der Waals surface area contributed by atoms with E-state index in [9.17, 15) is 13.2 Å². The predicted molar refractivity (Wildman–Crippen MR) is 126 cm³/mol. The summed E-state index contributed by atoms with van der Waals surface area (Å²) in [5, 5.41) is 0. The SMILES string of the molecule is COc1cc(/C=C2\SC(=S)N([C@@H]3CCS(=O)(=O)C3)C2=O)ccc1OCc1ccccc1. The third-order valence-electron chi connectivity index (χ3n) is 5.12. The van der Waals surface area contributed by atoms with Crippen molar-refractivity contribution in [1.82, 2.24) is 4.90 Å². The van der Waals surface area contributed by atoms with Crippen LogP contribution in [-0.4, -0.2) is 48.2 Å². The Morgan fingerprint density at radius 2 is 1.97 bits per heavy atom. The summed E-state index contributed by atoms with van der Waals surface area (Å²) in [5.74, 6) is 0.971. The number of thioether (sulfide) groups is 1. The molecule has 0 spiro atoms. The number of hydrogen-bond donors (Lipinski definition) is 0. The minimum Gasteiger partial charge on any atom is -0.493 e. The van der Waals surface area contributed by atoms with Gasteiger partial charge in [-0.1, -0.05) is 60.4 Å². The monoisotopic (exact) mass is 475 g/mol. The Morgan fingerprint density at radius 3 is 2.65 bits per heavy atom. The van der Waals surface area contributed by atoms with Crippen LogP contribution in [0.15, 0.2) is 53.4 Å². The molecule has 31 heavy (non-hydrogen) atoms. The van der Waals surface area contributed by atoms with Crippen molar-refractivity contribution in [3.63, 3.8) is 0 Å². The maximum absolute atomic E-state index is 12.9. The maximum atomic E-state index is 12.9. The van der Waals surface area contributed by atoms with Crippen LogP contribution in [0.4, 0.5) is 0 Å². The lowest BCUT2D eigenvalue weighted by atomic mass is 10.1. The second kappa shape index (κ2) is 9.02. The molecule has 2 aromatic rings. The number of amides is 1. The molecular weight excluding hydrogens is 454 g/mol. The van der Waals surface area contributed by atoms with Crippen LogP contribution in [0.1, 0.15) is 17.5 Å². The molecule has 2 heterocycles. The van der Waals surface area contributed by atoms with E-state index < -0.39 is 9.84 Å². The second-order valence-electron chi connectivity index (χ2n) is 7.29. The molecule has 0 unspecified atom stereocenters. The van der Waals surface area contributed by atoms with Gasteiger partial charge in [0.15, 0.2) is 21.3 Å². The molecule has 6 nitrogen and oxygen atoms in total. The molecule has 0 aromatic heterocycles. The largest absolute Gasteiger partial charge is 0.493 e. The molecule has 162 valence electrons. The summed E-state index contributed by atoms with van der Waals surface area (Å²) in [4.78, 5) is 14.8. The average molecular weight is 476 g/mol. The smallest absolute Gasteiger partial charge is 0.266 e. The summed E-state index contributed by atoms with van der Waals surface area (Å²) < 4.78 is 35.3. The van der Waals surface area contributed by atoms with Gasteiger partial charge in [-0.25, -0.2) is 8.42 Å². The highest BCUT2D eigenvalue weighted by atomic mass is 32.2. The minimum absolute atomic E-state index is 0.0337. The van der Waals surface area contributed by atoms with E-state index in [1.807, 2.05) is 36.4 Å². The third kappa shape index (κ3) is 4.94. The zero-order valence-electron chi connectivity index (χ0n) is 16.8. The van der Waals surface area contributed by atoms with Gasteiger partial charge in [-0.15, -0.1) is 0 Å². The van der Waals surface area contributed by atoms with Gasteiger partial charge in [0, 0.05) is 0 Å². The van der Waals surface area contributed by atoms with E-state index in [1.54, 1.807) is 25.3 Å². The first-order chi connectivity index (χ1) is 14.9. The van der Waals surface area contributed by atoms with Gasteiger partial charge in [0.25, 0.3) is 5.91 Å². The standard InChI is InChI=1S/C22H21NO5S3/c1-27-19-11-16(7-8-18(19)28-13-15-5-3-2-4-6-15)12-20-21(24)23(22(29)30-20)17-9-10-31(25,26)14-17/h2-8,11-12,17H,9-10,13-14H2,1H3/b20-12-/t17-/m1/s1. The number of hydrogen-bond acceptors (Lipinski definition) is 7. The molecule has 2 fully saturated rings. The van der Waals surface area contributed by atoms with E-state index in [0.29, 0.717) is 33.8 Å². The number of sulfone groups is 1. The fourth-order valence-electron chi connectivity index (χ4n) is 3.55. The Morgan fingerprint density at radius 1 is 1.19 bits per heavy atom. The van der Waals surface area contributed by atoms with Crippen LogP contribution in [0.25, 0.3) is 6.08 Å². The number of methoxy groups -OCH3 is 1. The molecule has 2 saturated heterocycles. The van der Waals surface area contributed by atoms with E-state index in [4.69, 9.17) is 21.7 Å². The molecular formula is C22H21NO5S3. The van der Waals surface area contributed by atoms with Gasteiger partial charge in [0.1, 0.15) is 10.9 Å². The highest BCUT2D eigenvalue weighted by Crippen LogP contribution is 2.37. The van der Waals surface area contributed by atoms with Gasteiger partial charge in [-0.3, -0.25) is 9.69 Å². The Hall–Kier alpha value is -2.36. The number of rotatable bonds is 6. The lowest BCUT2D eigenvalue weighted by Gasteiger charge is -2.20. The number of carbonyl (C=O) groups excluding carboxylic acids is 1. The van der Waals surface area contributed by atoms with Crippen LogP contribution >= 0.6 is 24.0 Å². The number of carbonyl (C=O) groups is 1. The van der Waals surface area contributed by atoms with E-state index in [1.165, 1.54) is 16.7 Å². The Kier molecular flexibility index (Phi) is 6.36. The Balaban J connectivity index is 1.50. The summed E-state index contributed by atoms with van der Waals surface area (Å²) in [6.07, 6.45) is 2.16. The molecule has 0 N–H and O–H groups in total. The topological polar surface area (TPSA) is 72.9 Å². The first-order valence-electron chi connectivity index (χ1n) is 9.68. The van der Waals surface area contributed by atoms with Crippen LogP contribution in [-0.2, 0) is 21.2 Å². The molecule has 0 bridgehead atoms. The molecule has 1 atom stereocenters. The van der Waals surface area contributed by atoms with Crippen molar-refractivity contribution in [1.29, 1.82) is 0 Å². The second-order valence-corrected chi connectivity index (χ2v) is 11.2. The molecule has 2 aliphatic rings. The van der Waals surface area contributed by atoms with Gasteiger partial charge in [-0.05, 0) is 35.8 Å². The molecule has 2 aliphatic heterocycles. The van der Waals surface area contributed by atoms with Crippen molar-refractivity contribution < 1.29 is 22.7 Å². The van der Waals surface area contributed by atoms with Gasteiger partial charge >= 0.3 is 0 Å². The van der Waals surface area contributed by atoms with Gasteiger partial charge in [0.2, 0.25) is 0 Å². The summed E-state index contributed by atoms with van der Waals surface area (Å²) in [6.45, 7) is 0.416. The van der Waals surface area contributed by atoms with Crippen molar-refractivity contribution in [2.24, 2.45) is 0 Å². The number of nitrogens with zero attached hydrogens (tertiary/aromatic N) is 1. The van der Waals surface area contributed by atoms with E-state index in [0.717, 1.165) is 11.1 Å². The highest BCUT2D eigenvalue weighted by molar-refractivity contribution is 8.26. The van der Waals surface area contributed by atoms with Gasteiger partial charge < -0.3 is 9.47 Å². The van der Waals surface area contributed by atoms with Crippen LogP contribution in [0.5, 0.6) is 11.5 Å². The lowest BCUT2D eigenvalue weighted by Crippen LogP contribution is -2.39. The zero-order valence-corrected chi connectivity index (χ0v) is 19.3. The van der Waals surface area contributed by atoms with Crippen molar-refractivity contribution in [2.75, 3.05) is 18.6 Å². The summed E-state index contributed by atoms with van der Waals surface area (Å²) in [5.41, 5.74) is 1.81. The average Bonchev–Trinajstić information content (AvgIpc) is 3.25. The maximum Gasteiger partial charge on any atom is 0.266 e. The lowest BCUT2D eigenvalue weighted by molar-refractivity contribution is -0.123. The summed E-state index contributed by atoms with van der Waals surface area (Å²) in [7, 11) is -1.54. The van der Waals surface area contributed by atoms with E-state index in [-0.39, 0.29) is 23.5 Å². The van der Waals surface area contributed by atoms with Gasteiger partial charge in [-0.2, -0.15) is 0 Å². The molecule has 0 aliphatic carbocycles. The van der Waals surface area contributed by atoms with Crippen LogP contribution < -0.4 is 9.47 Å². The molecule has 0 radical (unpaired) electrons. The number of thiocarbonyl (C=S) groups is 1. The van der Waals surface area contributed by atoms with Crippen LogP contribution in [0.3, 0.4) is 0 Å². The number of ether oxygens (including phenoxy) is 2. The minimum atomic E-state index is -3.11. The highest BCUT2D eigenvalue weighted by Gasteiger charge is 2.42. The molecule has 2 aromatic carbocycles. The van der Waals surface area contributed by atoms with Crippen molar-refractivity contribution >= 4 is 50.1 Å². The first-order valence-corrected chi connectivity index (χ1v) is 12.7. The van der Waals surface area contributed by atoms with E-state index in [2.05, 4.69) is 0 Å². The first kappa shape index (κ1) is 21.9. The van der Waals surface area contributed by atoms with Crippen molar-refractivity contribution in [3.8, 4) is 11.5 Å². The fraction of sp³-hybridized carbons (Fsp3) is 0.273. The Labute approximate surface area is 191 Å². The van der Waals surface area contributed by atoms with Crippen molar-refractivity contribution in [3.05, 3.63) is 64.6 Å². The molecule has 9 heteroatoms.